The van der Waals surface area contributed by atoms with Crippen molar-refractivity contribution < 1.29 is 4.92 Å². The molecule has 7 heteroatoms. The van der Waals surface area contributed by atoms with E-state index >= 15 is 0 Å². The molecular weight excluding hydrogens is 210 g/mol. The number of aromatic nitrogens is 2. The fourth-order valence-corrected chi connectivity index (χ4v) is 1.80. The molecule has 0 saturated heterocycles. The van der Waals surface area contributed by atoms with E-state index in [4.69, 9.17) is 5.73 Å². The number of anilines is 1. The summed E-state index contributed by atoms with van der Waals surface area (Å²) in [6.07, 6.45) is 4.43. The molecule has 1 saturated carbocycles. The number of rotatable bonds is 4. The molecule has 16 heavy (non-hydrogen) atoms. The van der Waals surface area contributed by atoms with Crippen LogP contribution in [0.1, 0.15) is 19.3 Å². The topological polar surface area (TPSA) is 99.0 Å². The predicted octanol–water partition coefficient (Wildman–Crippen LogP) is 0.622. The van der Waals surface area contributed by atoms with Crippen LogP contribution in [-0.2, 0) is 7.05 Å². The molecule has 0 bridgehead atoms. The number of hydrogen-bond acceptors (Lipinski definition) is 5. The van der Waals surface area contributed by atoms with Crippen LogP contribution < -0.4 is 11.1 Å². The Morgan fingerprint density at radius 3 is 2.94 bits per heavy atom. The summed E-state index contributed by atoms with van der Waals surface area (Å²) in [5.74, 6) is 0.296. The van der Waals surface area contributed by atoms with Gasteiger partial charge in [-0.15, -0.1) is 5.10 Å². The highest BCUT2D eigenvalue weighted by Gasteiger charge is 2.33. The van der Waals surface area contributed by atoms with E-state index in [0.29, 0.717) is 12.4 Å². The average molecular weight is 225 g/mol. The maximum absolute atomic E-state index is 10.7. The summed E-state index contributed by atoms with van der Waals surface area (Å²) in [5, 5.41) is 17.7. The molecule has 1 heterocycles. The van der Waals surface area contributed by atoms with E-state index in [1.807, 2.05) is 0 Å². The van der Waals surface area contributed by atoms with Crippen molar-refractivity contribution in [3.8, 4) is 0 Å². The van der Waals surface area contributed by atoms with E-state index in [-0.39, 0.29) is 11.2 Å². The lowest BCUT2D eigenvalue weighted by Crippen LogP contribution is -2.52. The van der Waals surface area contributed by atoms with Crippen LogP contribution in [0.2, 0.25) is 0 Å². The number of nitrogens with one attached hydrogen (secondary N) is 1. The zero-order valence-electron chi connectivity index (χ0n) is 9.14. The lowest BCUT2D eigenvalue weighted by Gasteiger charge is -2.38. The molecule has 0 radical (unpaired) electrons. The number of nitro groups is 1. The van der Waals surface area contributed by atoms with Gasteiger partial charge in [-0.1, -0.05) is 0 Å². The van der Waals surface area contributed by atoms with Gasteiger partial charge in [-0.2, -0.15) is 0 Å². The predicted molar refractivity (Wildman–Crippen MR) is 59.1 cm³/mol. The summed E-state index contributed by atoms with van der Waals surface area (Å²) < 4.78 is 1.42. The number of aryl methyl sites for hydroxylation is 1. The van der Waals surface area contributed by atoms with E-state index in [0.717, 1.165) is 19.3 Å². The first kappa shape index (κ1) is 10.9. The third-order valence-electron chi connectivity index (χ3n) is 2.96. The summed E-state index contributed by atoms with van der Waals surface area (Å²) in [6.45, 7) is 0.533. The van der Waals surface area contributed by atoms with Crippen molar-refractivity contribution in [1.82, 2.24) is 9.78 Å². The van der Waals surface area contributed by atoms with E-state index in [1.54, 1.807) is 7.05 Å². The zero-order valence-corrected chi connectivity index (χ0v) is 9.14. The van der Waals surface area contributed by atoms with E-state index < -0.39 is 4.92 Å². The SMILES string of the molecule is Cn1cc([N+](=O)[O-])c(NCC2(N)CCC2)n1. The van der Waals surface area contributed by atoms with Crippen LogP contribution in [0.3, 0.4) is 0 Å². The summed E-state index contributed by atoms with van der Waals surface area (Å²) in [7, 11) is 1.65. The Kier molecular flexibility index (Phi) is 2.55. The van der Waals surface area contributed by atoms with E-state index in [1.165, 1.54) is 10.9 Å². The Bertz CT molecular complexity index is 410. The van der Waals surface area contributed by atoms with Gasteiger partial charge in [-0.25, -0.2) is 0 Å². The molecule has 0 aromatic carbocycles. The smallest absolute Gasteiger partial charge is 0.330 e. The molecule has 0 spiro atoms. The molecule has 1 aliphatic carbocycles. The molecule has 0 amide bonds. The van der Waals surface area contributed by atoms with Crippen molar-refractivity contribution in [2.45, 2.75) is 24.8 Å². The second kappa shape index (κ2) is 3.75. The van der Waals surface area contributed by atoms with Crippen molar-refractivity contribution in [1.29, 1.82) is 0 Å². The summed E-state index contributed by atoms with van der Waals surface area (Å²) in [4.78, 5) is 10.3. The third-order valence-corrected chi connectivity index (χ3v) is 2.96. The highest BCUT2D eigenvalue weighted by atomic mass is 16.6. The molecular formula is C9H15N5O2. The van der Waals surface area contributed by atoms with E-state index in [9.17, 15) is 10.1 Å². The molecule has 2 rings (SSSR count). The van der Waals surface area contributed by atoms with Gasteiger partial charge in [0.25, 0.3) is 0 Å². The summed E-state index contributed by atoms with van der Waals surface area (Å²) >= 11 is 0. The first-order chi connectivity index (χ1) is 7.50. The number of nitrogens with zero attached hydrogens (tertiary/aromatic N) is 3. The van der Waals surface area contributed by atoms with Crippen LogP contribution in [-0.4, -0.2) is 26.8 Å². The van der Waals surface area contributed by atoms with Gasteiger partial charge >= 0.3 is 5.69 Å². The van der Waals surface area contributed by atoms with Crippen LogP contribution in [0.25, 0.3) is 0 Å². The Hall–Kier alpha value is -1.63. The van der Waals surface area contributed by atoms with Gasteiger partial charge in [-0.05, 0) is 19.3 Å². The van der Waals surface area contributed by atoms with Crippen molar-refractivity contribution in [3.63, 3.8) is 0 Å². The number of hydrogen-bond donors (Lipinski definition) is 2. The second-order valence-electron chi connectivity index (χ2n) is 4.36. The fraction of sp³-hybridized carbons (Fsp3) is 0.667. The Labute approximate surface area is 92.8 Å². The molecule has 7 nitrogen and oxygen atoms in total. The Balaban J connectivity index is 2.05. The Morgan fingerprint density at radius 2 is 2.44 bits per heavy atom. The second-order valence-corrected chi connectivity index (χ2v) is 4.36. The van der Waals surface area contributed by atoms with Crippen molar-refractivity contribution in [3.05, 3.63) is 16.3 Å². The first-order valence-corrected chi connectivity index (χ1v) is 5.21. The normalized spacial score (nSPS) is 17.9. The highest BCUT2D eigenvalue weighted by Crippen LogP contribution is 2.30. The standard InChI is InChI=1S/C9H15N5O2/c1-13-5-7(14(15)16)8(12-13)11-6-9(10)3-2-4-9/h5H,2-4,6,10H2,1H3,(H,11,12). The minimum absolute atomic E-state index is 0.00887. The minimum atomic E-state index is -0.445. The van der Waals surface area contributed by atoms with Crippen LogP contribution in [0.4, 0.5) is 11.5 Å². The lowest BCUT2D eigenvalue weighted by molar-refractivity contribution is -0.384. The molecule has 1 aromatic heterocycles. The molecule has 0 aliphatic heterocycles. The quantitative estimate of drug-likeness (QED) is 0.578. The maximum atomic E-state index is 10.7. The molecule has 1 fully saturated rings. The van der Waals surface area contributed by atoms with Gasteiger partial charge in [0.2, 0.25) is 5.82 Å². The first-order valence-electron chi connectivity index (χ1n) is 5.21. The number of nitrogens with two attached hydrogens (primary N) is 1. The maximum Gasteiger partial charge on any atom is 0.330 e. The van der Waals surface area contributed by atoms with Crippen molar-refractivity contribution in [2.24, 2.45) is 12.8 Å². The molecule has 88 valence electrons. The van der Waals surface area contributed by atoms with Gasteiger partial charge in [0, 0.05) is 19.1 Å². The lowest BCUT2D eigenvalue weighted by atomic mass is 9.78. The average Bonchev–Trinajstić information content (AvgIpc) is 2.54. The summed E-state index contributed by atoms with van der Waals surface area (Å²) in [5.41, 5.74) is 5.79. The van der Waals surface area contributed by atoms with Gasteiger partial charge < -0.3 is 11.1 Å². The third kappa shape index (κ3) is 1.99. The highest BCUT2D eigenvalue weighted by molar-refractivity contribution is 5.54. The molecule has 0 unspecified atom stereocenters. The van der Waals surface area contributed by atoms with Gasteiger partial charge in [-0.3, -0.25) is 14.8 Å². The van der Waals surface area contributed by atoms with Crippen LogP contribution in [0, 0.1) is 10.1 Å². The van der Waals surface area contributed by atoms with Crippen molar-refractivity contribution in [2.75, 3.05) is 11.9 Å². The summed E-state index contributed by atoms with van der Waals surface area (Å²) in [6, 6.07) is 0. The Morgan fingerprint density at radius 1 is 1.75 bits per heavy atom. The van der Waals surface area contributed by atoms with Crippen LogP contribution >= 0.6 is 0 Å². The van der Waals surface area contributed by atoms with Crippen molar-refractivity contribution >= 4 is 11.5 Å². The molecule has 1 aliphatic rings. The largest absolute Gasteiger partial charge is 0.361 e. The van der Waals surface area contributed by atoms with Gasteiger partial charge in [0.05, 0.1) is 4.92 Å². The fourth-order valence-electron chi connectivity index (χ4n) is 1.80. The van der Waals surface area contributed by atoms with E-state index in [2.05, 4.69) is 10.4 Å². The zero-order chi connectivity index (χ0) is 11.8. The molecule has 1 aromatic rings. The van der Waals surface area contributed by atoms with Gasteiger partial charge in [0.15, 0.2) is 0 Å². The van der Waals surface area contributed by atoms with Crippen LogP contribution in [0.5, 0.6) is 0 Å². The molecule has 0 atom stereocenters. The minimum Gasteiger partial charge on any atom is -0.361 e. The van der Waals surface area contributed by atoms with Crippen LogP contribution in [0.15, 0.2) is 6.20 Å². The van der Waals surface area contributed by atoms with Gasteiger partial charge in [0.1, 0.15) is 6.20 Å². The molecule has 3 N–H and O–H groups in total. The monoisotopic (exact) mass is 225 g/mol.